The minimum absolute atomic E-state index is 0.302. The summed E-state index contributed by atoms with van der Waals surface area (Å²) >= 11 is 0. The van der Waals surface area contributed by atoms with Crippen LogP contribution in [0, 0.1) is 0 Å². The third-order valence-corrected chi connectivity index (χ3v) is 1.82. The molecule has 1 atom stereocenters. The Labute approximate surface area is 61.0 Å². The molecule has 2 heteroatoms. The molecule has 0 unspecified atom stereocenters. The fraction of sp³-hybridized carbons (Fsp3) is 0.500. The Kier molecular flexibility index (Phi) is 1.81. The quantitative estimate of drug-likeness (QED) is 0.679. The molecule has 10 heavy (non-hydrogen) atoms. The fourth-order valence-electron chi connectivity index (χ4n) is 0.778. The summed E-state index contributed by atoms with van der Waals surface area (Å²) in [5, 5.41) is 0. The lowest BCUT2D eigenvalue weighted by Gasteiger charge is -2.18. The van der Waals surface area contributed by atoms with Gasteiger partial charge in [-0.2, -0.15) is 0 Å². The summed E-state index contributed by atoms with van der Waals surface area (Å²) in [6.45, 7) is 4.01. The molecule has 1 rings (SSSR count). The molecule has 1 aromatic heterocycles. The summed E-state index contributed by atoms with van der Waals surface area (Å²) in [5.41, 5.74) is 5.59. The summed E-state index contributed by atoms with van der Waals surface area (Å²) in [7, 11) is 0. The van der Waals surface area contributed by atoms with Crippen molar-refractivity contribution in [1.82, 2.24) is 0 Å². The Morgan fingerprint density at radius 1 is 1.70 bits per heavy atom. The van der Waals surface area contributed by atoms with Crippen LogP contribution in [0.25, 0.3) is 0 Å². The van der Waals surface area contributed by atoms with Gasteiger partial charge in [0, 0.05) is 0 Å². The molecule has 56 valence electrons. The summed E-state index contributed by atoms with van der Waals surface area (Å²) in [5.74, 6) is 0.856. The van der Waals surface area contributed by atoms with Crippen molar-refractivity contribution < 1.29 is 4.42 Å². The van der Waals surface area contributed by atoms with Crippen molar-refractivity contribution in [3.05, 3.63) is 24.2 Å². The van der Waals surface area contributed by atoms with Crippen LogP contribution in [0.3, 0.4) is 0 Å². The number of rotatable bonds is 2. The van der Waals surface area contributed by atoms with Gasteiger partial charge in [-0.05, 0) is 25.5 Å². The topological polar surface area (TPSA) is 39.2 Å². The van der Waals surface area contributed by atoms with E-state index in [-0.39, 0.29) is 5.54 Å². The molecule has 0 radical (unpaired) electrons. The molecule has 2 N–H and O–H groups in total. The molecule has 0 spiro atoms. The number of hydrogen-bond donors (Lipinski definition) is 1. The third kappa shape index (κ3) is 1.21. The van der Waals surface area contributed by atoms with Crippen LogP contribution in [0.4, 0.5) is 0 Å². The molecular weight excluding hydrogens is 126 g/mol. The summed E-state index contributed by atoms with van der Waals surface area (Å²) in [4.78, 5) is 0. The molecule has 0 fully saturated rings. The fourth-order valence-corrected chi connectivity index (χ4v) is 0.778. The smallest absolute Gasteiger partial charge is 0.123 e. The van der Waals surface area contributed by atoms with Gasteiger partial charge in [-0.25, -0.2) is 0 Å². The molecule has 0 saturated heterocycles. The SMILES string of the molecule is CC[C@](C)(N)c1ccco1. The van der Waals surface area contributed by atoms with Gasteiger partial charge in [-0.1, -0.05) is 6.92 Å². The number of furan rings is 1. The lowest BCUT2D eigenvalue weighted by Crippen LogP contribution is -2.31. The zero-order valence-corrected chi connectivity index (χ0v) is 6.42. The molecule has 1 aromatic rings. The number of nitrogens with two attached hydrogens (primary N) is 1. The second-order valence-corrected chi connectivity index (χ2v) is 2.75. The Balaban J connectivity index is 2.85. The van der Waals surface area contributed by atoms with Crippen LogP contribution in [0.5, 0.6) is 0 Å². The predicted molar refractivity (Wildman–Crippen MR) is 40.5 cm³/mol. The van der Waals surface area contributed by atoms with E-state index >= 15 is 0 Å². The highest BCUT2D eigenvalue weighted by Gasteiger charge is 2.20. The zero-order valence-electron chi connectivity index (χ0n) is 6.42. The van der Waals surface area contributed by atoms with Crippen LogP contribution in [-0.2, 0) is 5.54 Å². The summed E-state index contributed by atoms with van der Waals surface area (Å²) in [6, 6.07) is 3.76. The zero-order chi connectivity index (χ0) is 7.61. The van der Waals surface area contributed by atoms with Gasteiger partial charge in [0.05, 0.1) is 11.8 Å². The lowest BCUT2D eigenvalue weighted by atomic mass is 9.98. The van der Waals surface area contributed by atoms with Crippen LogP contribution < -0.4 is 5.73 Å². The van der Waals surface area contributed by atoms with Crippen molar-refractivity contribution in [1.29, 1.82) is 0 Å². The maximum atomic E-state index is 5.89. The van der Waals surface area contributed by atoms with Gasteiger partial charge in [-0.3, -0.25) is 0 Å². The van der Waals surface area contributed by atoms with Gasteiger partial charge in [0.15, 0.2) is 0 Å². The minimum Gasteiger partial charge on any atom is -0.467 e. The normalized spacial score (nSPS) is 16.7. The van der Waals surface area contributed by atoms with Gasteiger partial charge in [0.1, 0.15) is 5.76 Å². The Hall–Kier alpha value is -0.760. The van der Waals surface area contributed by atoms with Crippen molar-refractivity contribution in [2.45, 2.75) is 25.8 Å². The molecule has 0 aliphatic rings. The molecule has 0 bridgehead atoms. The molecule has 0 aliphatic heterocycles. The lowest BCUT2D eigenvalue weighted by molar-refractivity contribution is 0.359. The molecule has 0 aliphatic carbocycles. The van der Waals surface area contributed by atoms with E-state index in [9.17, 15) is 0 Å². The summed E-state index contributed by atoms with van der Waals surface area (Å²) < 4.78 is 5.16. The van der Waals surface area contributed by atoms with E-state index in [0.29, 0.717) is 0 Å². The van der Waals surface area contributed by atoms with Gasteiger partial charge in [-0.15, -0.1) is 0 Å². The average Bonchev–Trinajstić information content (AvgIpc) is 2.38. The van der Waals surface area contributed by atoms with Crippen LogP contribution in [0.2, 0.25) is 0 Å². The van der Waals surface area contributed by atoms with Gasteiger partial charge >= 0.3 is 0 Å². The van der Waals surface area contributed by atoms with E-state index in [1.165, 1.54) is 0 Å². The minimum atomic E-state index is -0.302. The van der Waals surface area contributed by atoms with Crippen LogP contribution in [0.1, 0.15) is 26.0 Å². The Morgan fingerprint density at radius 3 is 2.80 bits per heavy atom. The van der Waals surface area contributed by atoms with Crippen molar-refractivity contribution in [3.8, 4) is 0 Å². The van der Waals surface area contributed by atoms with E-state index in [1.54, 1.807) is 6.26 Å². The highest BCUT2D eigenvalue weighted by atomic mass is 16.3. The van der Waals surface area contributed by atoms with Crippen molar-refractivity contribution in [2.75, 3.05) is 0 Å². The first-order chi connectivity index (χ1) is 4.67. The first kappa shape index (κ1) is 7.35. The second-order valence-electron chi connectivity index (χ2n) is 2.75. The average molecular weight is 139 g/mol. The van der Waals surface area contributed by atoms with E-state index in [4.69, 9.17) is 10.2 Å². The van der Waals surface area contributed by atoms with Gasteiger partial charge in [0.25, 0.3) is 0 Å². The van der Waals surface area contributed by atoms with Crippen LogP contribution >= 0.6 is 0 Å². The highest BCUT2D eigenvalue weighted by molar-refractivity contribution is 5.09. The maximum absolute atomic E-state index is 5.89. The molecule has 2 nitrogen and oxygen atoms in total. The van der Waals surface area contributed by atoms with Gasteiger partial charge < -0.3 is 10.2 Å². The molecule has 1 heterocycles. The van der Waals surface area contributed by atoms with Gasteiger partial charge in [0.2, 0.25) is 0 Å². The maximum Gasteiger partial charge on any atom is 0.123 e. The monoisotopic (exact) mass is 139 g/mol. The third-order valence-electron chi connectivity index (χ3n) is 1.82. The molecular formula is C8H13NO. The summed E-state index contributed by atoms with van der Waals surface area (Å²) in [6.07, 6.45) is 2.54. The largest absolute Gasteiger partial charge is 0.467 e. The predicted octanol–water partition coefficient (Wildman–Crippen LogP) is 1.86. The highest BCUT2D eigenvalue weighted by Crippen LogP contribution is 2.20. The first-order valence-electron chi connectivity index (χ1n) is 3.49. The van der Waals surface area contributed by atoms with Crippen LogP contribution in [-0.4, -0.2) is 0 Å². The molecule has 0 saturated carbocycles. The van der Waals surface area contributed by atoms with E-state index in [1.807, 2.05) is 26.0 Å². The molecule has 0 amide bonds. The Bertz CT molecular complexity index is 189. The second kappa shape index (κ2) is 2.46. The molecule has 0 aromatic carbocycles. The van der Waals surface area contributed by atoms with E-state index in [2.05, 4.69) is 0 Å². The Morgan fingerprint density at radius 2 is 2.40 bits per heavy atom. The standard InChI is InChI=1S/C8H13NO/c1-3-8(2,9)7-5-4-6-10-7/h4-6H,3,9H2,1-2H3/t8-/m0/s1. The van der Waals surface area contributed by atoms with Crippen molar-refractivity contribution in [2.24, 2.45) is 5.73 Å². The van der Waals surface area contributed by atoms with Crippen molar-refractivity contribution in [3.63, 3.8) is 0 Å². The number of hydrogen-bond acceptors (Lipinski definition) is 2. The van der Waals surface area contributed by atoms with E-state index in [0.717, 1.165) is 12.2 Å². The van der Waals surface area contributed by atoms with Crippen LogP contribution in [0.15, 0.2) is 22.8 Å². The van der Waals surface area contributed by atoms with Crippen molar-refractivity contribution >= 4 is 0 Å². The first-order valence-corrected chi connectivity index (χ1v) is 3.49. The van der Waals surface area contributed by atoms with E-state index < -0.39 is 0 Å².